The Kier molecular flexibility index (Phi) is 4.06. The van der Waals surface area contributed by atoms with Gasteiger partial charge in [-0.15, -0.1) is 0 Å². The molecular weight excluding hydrogens is 246 g/mol. The first-order valence-corrected chi connectivity index (χ1v) is 6.05. The molecule has 102 valence electrons. The van der Waals surface area contributed by atoms with Gasteiger partial charge >= 0.3 is 0 Å². The highest BCUT2D eigenvalue weighted by Gasteiger charge is 2.22. The Bertz CT molecular complexity index is 540. The van der Waals surface area contributed by atoms with Crippen molar-refractivity contribution in [2.45, 2.75) is 19.8 Å². The number of aromatic nitrogens is 4. The molecule has 0 bridgehead atoms. The molecule has 2 heterocycles. The number of methoxy groups -OCH3 is 1. The monoisotopic (exact) mass is 263 g/mol. The molecule has 0 spiro atoms. The van der Waals surface area contributed by atoms with E-state index >= 15 is 0 Å². The summed E-state index contributed by atoms with van der Waals surface area (Å²) in [4.78, 5) is 12.4. The van der Waals surface area contributed by atoms with Crippen molar-refractivity contribution in [3.63, 3.8) is 0 Å². The summed E-state index contributed by atoms with van der Waals surface area (Å²) in [5.41, 5.74) is 6.28. The zero-order chi connectivity index (χ0) is 13.8. The topological polar surface area (TPSA) is 100.0 Å². The van der Waals surface area contributed by atoms with E-state index in [9.17, 15) is 0 Å². The molecule has 0 amide bonds. The molecule has 0 saturated heterocycles. The first kappa shape index (κ1) is 13.4. The van der Waals surface area contributed by atoms with Crippen molar-refractivity contribution in [1.82, 2.24) is 20.1 Å². The fraction of sp³-hybridized carbons (Fsp3) is 0.500. The van der Waals surface area contributed by atoms with Crippen molar-refractivity contribution >= 4 is 0 Å². The Labute approximate surface area is 111 Å². The standard InChI is InChI=1S/C12H17N5O2/c1-7(2)8(5-13)12-16-11(17-19-12)9-4-10(18-3)15-6-14-9/h4,6-8H,5,13H2,1-3H3. The lowest BCUT2D eigenvalue weighted by atomic mass is 9.96. The summed E-state index contributed by atoms with van der Waals surface area (Å²) >= 11 is 0. The van der Waals surface area contributed by atoms with Crippen LogP contribution in [-0.2, 0) is 0 Å². The molecule has 0 aliphatic carbocycles. The first-order valence-electron chi connectivity index (χ1n) is 6.05. The Hall–Kier alpha value is -2.02. The van der Waals surface area contributed by atoms with Gasteiger partial charge in [0.05, 0.1) is 13.0 Å². The summed E-state index contributed by atoms with van der Waals surface area (Å²) in [6, 6.07) is 1.65. The lowest BCUT2D eigenvalue weighted by Crippen LogP contribution is -2.18. The van der Waals surface area contributed by atoms with Crippen LogP contribution in [0.25, 0.3) is 11.5 Å². The molecule has 7 heteroatoms. The van der Waals surface area contributed by atoms with Crippen molar-refractivity contribution in [1.29, 1.82) is 0 Å². The van der Waals surface area contributed by atoms with E-state index in [0.717, 1.165) is 0 Å². The highest BCUT2D eigenvalue weighted by atomic mass is 16.5. The van der Waals surface area contributed by atoms with Crippen molar-refractivity contribution < 1.29 is 9.26 Å². The van der Waals surface area contributed by atoms with Gasteiger partial charge in [0.15, 0.2) is 0 Å². The van der Waals surface area contributed by atoms with Gasteiger partial charge in [-0.05, 0) is 5.92 Å². The van der Waals surface area contributed by atoms with Gasteiger partial charge in [-0.25, -0.2) is 9.97 Å². The normalized spacial score (nSPS) is 12.7. The summed E-state index contributed by atoms with van der Waals surface area (Å²) in [6.45, 7) is 4.59. The smallest absolute Gasteiger partial charge is 0.231 e. The van der Waals surface area contributed by atoms with Crippen LogP contribution in [0.4, 0.5) is 0 Å². The quantitative estimate of drug-likeness (QED) is 0.865. The molecule has 0 aliphatic heterocycles. The summed E-state index contributed by atoms with van der Waals surface area (Å²) < 4.78 is 10.3. The van der Waals surface area contributed by atoms with Crippen LogP contribution < -0.4 is 10.5 Å². The van der Waals surface area contributed by atoms with Crippen LogP contribution in [0.3, 0.4) is 0 Å². The molecule has 0 saturated carbocycles. The zero-order valence-corrected chi connectivity index (χ0v) is 11.2. The van der Waals surface area contributed by atoms with Gasteiger partial charge < -0.3 is 15.0 Å². The molecule has 1 unspecified atom stereocenters. The predicted molar refractivity (Wildman–Crippen MR) is 68.5 cm³/mol. The van der Waals surface area contributed by atoms with Crippen molar-refractivity contribution in [2.75, 3.05) is 13.7 Å². The van der Waals surface area contributed by atoms with Gasteiger partial charge in [0.2, 0.25) is 17.6 Å². The summed E-state index contributed by atoms with van der Waals surface area (Å²) in [5, 5.41) is 3.93. The van der Waals surface area contributed by atoms with Gasteiger partial charge in [0.1, 0.15) is 12.0 Å². The third kappa shape index (κ3) is 2.87. The van der Waals surface area contributed by atoms with Crippen LogP contribution in [0, 0.1) is 5.92 Å². The second-order valence-corrected chi connectivity index (χ2v) is 4.49. The van der Waals surface area contributed by atoms with E-state index in [1.165, 1.54) is 13.4 Å². The van der Waals surface area contributed by atoms with E-state index in [1.807, 2.05) is 0 Å². The third-order valence-corrected chi connectivity index (χ3v) is 2.90. The van der Waals surface area contributed by atoms with Gasteiger partial charge in [-0.3, -0.25) is 0 Å². The fourth-order valence-corrected chi connectivity index (χ4v) is 1.72. The minimum Gasteiger partial charge on any atom is -0.481 e. The molecular formula is C12H17N5O2. The molecule has 1 atom stereocenters. The molecule has 7 nitrogen and oxygen atoms in total. The summed E-state index contributed by atoms with van der Waals surface area (Å²) in [6.07, 6.45) is 1.40. The van der Waals surface area contributed by atoms with Crippen LogP contribution in [0.15, 0.2) is 16.9 Å². The van der Waals surface area contributed by atoms with Crippen LogP contribution in [0.1, 0.15) is 25.7 Å². The largest absolute Gasteiger partial charge is 0.481 e. The van der Waals surface area contributed by atoms with E-state index in [2.05, 4.69) is 34.0 Å². The number of nitrogens with zero attached hydrogens (tertiary/aromatic N) is 4. The van der Waals surface area contributed by atoms with E-state index < -0.39 is 0 Å². The minimum absolute atomic E-state index is 0.0463. The Morgan fingerprint density at radius 2 is 2.16 bits per heavy atom. The number of rotatable bonds is 5. The number of ether oxygens (including phenoxy) is 1. The molecule has 0 radical (unpaired) electrons. The van der Waals surface area contributed by atoms with Crippen molar-refractivity contribution in [3.05, 3.63) is 18.3 Å². The van der Waals surface area contributed by atoms with Crippen LogP contribution >= 0.6 is 0 Å². The molecule has 0 fully saturated rings. The van der Waals surface area contributed by atoms with E-state index in [-0.39, 0.29) is 5.92 Å². The second-order valence-electron chi connectivity index (χ2n) is 4.49. The third-order valence-electron chi connectivity index (χ3n) is 2.90. The summed E-state index contributed by atoms with van der Waals surface area (Å²) in [7, 11) is 1.54. The van der Waals surface area contributed by atoms with E-state index in [0.29, 0.717) is 35.8 Å². The predicted octanol–water partition coefficient (Wildman–Crippen LogP) is 1.23. The van der Waals surface area contributed by atoms with Gasteiger partial charge in [0.25, 0.3) is 0 Å². The second kappa shape index (κ2) is 5.75. The van der Waals surface area contributed by atoms with E-state index in [1.54, 1.807) is 6.07 Å². The first-order chi connectivity index (χ1) is 9.15. The van der Waals surface area contributed by atoms with Gasteiger partial charge in [-0.2, -0.15) is 4.98 Å². The Balaban J connectivity index is 2.29. The van der Waals surface area contributed by atoms with Crippen molar-refractivity contribution in [2.24, 2.45) is 11.7 Å². The maximum absolute atomic E-state index is 5.73. The minimum atomic E-state index is 0.0463. The van der Waals surface area contributed by atoms with Gasteiger partial charge in [-0.1, -0.05) is 19.0 Å². The van der Waals surface area contributed by atoms with Crippen molar-refractivity contribution in [3.8, 4) is 17.4 Å². The average Bonchev–Trinajstić information content (AvgIpc) is 2.89. The molecule has 2 aromatic rings. The molecule has 19 heavy (non-hydrogen) atoms. The Morgan fingerprint density at radius 1 is 1.37 bits per heavy atom. The maximum atomic E-state index is 5.73. The lowest BCUT2D eigenvalue weighted by Gasteiger charge is -2.13. The highest BCUT2D eigenvalue weighted by molar-refractivity contribution is 5.49. The van der Waals surface area contributed by atoms with Crippen LogP contribution in [0.2, 0.25) is 0 Å². The fourth-order valence-electron chi connectivity index (χ4n) is 1.72. The number of hydrogen-bond acceptors (Lipinski definition) is 7. The highest BCUT2D eigenvalue weighted by Crippen LogP contribution is 2.24. The van der Waals surface area contributed by atoms with Gasteiger partial charge in [0, 0.05) is 12.6 Å². The van der Waals surface area contributed by atoms with E-state index in [4.69, 9.17) is 15.0 Å². The maximum Gasteiger partial charge on any atom is 0.231 e. The molecule has 0 aromatic carbocycles. The SMILES string of the molecule is COc1cc(-c2noc(C(CN)C(C)C)n2)ncn1. The molecule has 2 aromatic heterocycles. The lowest BCUT2D eigenvalue weighted by molar-refractivity contribution is 0.324. The molecule has 2 N–H and O–H groups in total. The number of nitrogens with two attached hydrogens (primary N) is 1. The molecule has 0 aliphatic rings. The average molecular weight is 263 g/mol. The van der Waals surface area contributed by atoms with Crippen LogP contribution in [0.5, 0.6) is 5.88 Å². The Morgan fingerprint density at radius 3 is 2.79 bits per heavy atom. The number of hydrogen-bond donors (Lipinski definition) is 1. The summed E-state index contributed by atoms with van der Waals surface area (Å²) in [5.74, 6) is 1.78. The zero-order valence-electron chi connectivity index (χ0n) is 11.2. The molecule has 2 rings (SSSR count). The van der Waals surface area contributed by atoms with Crippen LogP contribution in [-0.4, -0.2) is 33.8 Å².